The van der Waals surface area contributed by atoms with Gasteiger partial charge in [-0.05, 0) is 43.3 Å². The van der Waals surface area contributed by atoms with E-state index in [0.29, 0.717) is 11.7 Å². The van der Waals surface area contributed by atoms with E-state index >= 15 is 0 Å². The third-order valence-electron chi connectivity index (χ3n) is 4.77. The third kappa shape index (κ3) is 2.41. The lowest BCUT2D eigenvalue weighted by atomic mass is 10.0. The second-order valence-electron chi connectivity index (χ2n) is 6.46. The van der Waals surface area contributed by atoms with Gasteiger partial charge in [0.15, 0.2) is 5.84 Å². The fourth-order valence-electron chi connectivity index (χ4n) is 3.35. The molecule has 9 heteroatoms. The van der Waals surface area contributed by atoms with Crippen LogP contribution in [0.2, 0.25) is 0 Å². The molecule has 2 aliphatic rings. The summed E-state index contributed by atoms with van der Waals surface area (Å²) in [5.74, 6) is 1.62. The molecule has 0 amide bonds. The minimum Gasteiger partial charge on any atom is -0.497 e. The second-order valence-corrected chi connectivity index (χ2v) is 6.46. The molecule has 3 aromatic rings. The molecule has 4 N–H and O–H groups in total. The first kappa shape index (κ1) is 16.3. The number of hydrazone groups is 1. The SMILES string of the molecule is COc1ccc(C2=C(c3ccc4ncc(C)n4c3)N3NNN=C3C(N)=N2)cc1. The molecule has 9 nitrogen and oxygen atoms in total. The molecule has 0 saturated carbocycles. The molecule has 140 valence electrons. The Morgan fingerprint density at radius 3 is 2.64 bits per heavy atom. The van der Waals surface area contributed by atoms with Gasteiger partial charge in [0.1, 0.15) is 11.4 Å². The Morgan fingerprint density at radius 1 is 1.07 bits per heavy atom. The van der Waals surface area contributed by atoms with E-state index in [1.807, 2.05) is 60.1 Å². The van der Waals surface area contributed by atoms with Crippen molar-refractivity contribution >= 4 is 28.7 Å². The Hall–Kier alpha value is -3.85. The van der Waals surface area contributed by atoms with E-state index < -0.39 is 0 Å². The Morgan fingerprint density at radius 2 is 1.86 bits per heavy atom. The Kier molecular flexibility index (Phi) is 3.56. The van der Waals surface area contributed by atoms with E-state index in [1.165, 1.54) is 0 Å². The number of ether oxygens (including phenoxy) is 1. The van der Waals surface area contributed by atoms with E-state index in [-0.39, 0.29) is 0 Å². The number of hydrazine groups is 2. The number of amidine groups is 2. The molecule has 0 atom stereocenters. The summed E-state index contributed by atoms with van der Waals surface area (Å²) in [6.07, 6.45) is 3.88. The number of aliphatic imine (C=N–C) groups is 1. The molecule has 0 saturated heterocycles. The van der Waals surface area contributed by atoms with Gasteiger partial charge < -0.3 is 14.9 Å². The van der Waals surface area contributed by atoms with Crippen molar-refractivity contribution in [3.63, 3.8) is 0 Å². The smallest absolute Gasteiger partial charge is 0.213 e. The van der Waals surface area contributed by atoms with Gasteiger partial charge in [0.25, 0.3) is 0 Å². The molecular weight excluding hydrogens is 356 g/mol. The quantitative estimate of drug-likeness (QED) is 0.642. The van der Waals surface area contributed by atoms with Gasteiger partial charge >= 0.3 is 0 Å². The number of aryl methyl sites for hydroxylation is 1. The maximum absolute atomic E-state index is 6.17. The maximum Gasteiger partial charge on any atom is 0.213 e. The summed E-state index contributed by atoms with van der Waals surface area (Å²) < 4.78 is 7.31. The monoisotopic (exact) mass is 374 g/mol. The maximum atomic E-state index is 6.17. The number of hydrogen-bond acceptors (Lipinski definition) is 8. The molecule has 0 radical (unpaired) electrons. The standard InChI is InChI=1S/C19H18N8O/c1-11-9-21-15-8-5-13(10-26(11)15)17-16(12-3-6-14(28-2)7-4-12)22-18(20)19-23-24-25-27(17)19/h3-10,24-25H,1-2H3,(H2,20,22). The highest BCUT2D eigenvalue weighted by Crippen LogP contribution is 2.34. The summed E-state index contributed by atoms with van der Waals surface area (Å²) in [7, 11) is 1.64. The average molecular weight is 374 g/mol. The topological polar surface area (TPSA) is 105 Å². The summed E-state index contributed by atoms with van der Waals surface area (Å²) in [4.78, 5) is 9.05. The molecule has 2 aliphatic heterocycles. The number of nitrogens with zero attached hydrogens (tertiary/aromatic N) is 5. The minimum atomic E-state index is 0.326. The van der Waals surface area contributed by atoms with E-state index in [9.17, 15) is 0 Å². The van der Waals surface area contributed by atoms with Crippen LogP contribution in [0.1, 0.15) is 16.8 Å². The number of nitrogens with two attached hydrogens (primary N) is 1. The van der Waals surface area contributed by atoms with E-state index in [4.69, 9.17) is 10.5 Å². The first-order valence-corrected chi connectivity index (χ1v) is 8.71. The average Bonchev–Trinajstić information content (AvgIpc) is 3.35. The first-order chi connectivity index (χ1) is 13.7. The van der Waals surface area contributed by atoms with Gasteiger partial charge in [-0.1, -0.05) is 0 Å². The zero-order chi connectivity index (χ0) is 19.3. The molecule has 0 fully saturated rings. The van der Waals surface area contributed by atoms with Crippen LogP contribution in [-0.2, 0) is 0 Å². The Balaban J connectivity index is 1.75. The van der Waals surface area contributed by atoms with Crippen LogP contribution in [0.25, 0.3) is 17.0 Å². The molecule has 28 heavy (non-hydrogen) atoms. The Labute approximate surface area is 160 Å². The van der Waals surface area contributed by atoms with Crippen molar-refractivity contribution in [3.8, 4) is 5.75 Å². The third-order valence-corrected chi connectivity index (χ3v) is 4.77. The van der Waals surface area contributed by atoms with E-state index in [0.717, 1.165) is 39.6 Å². The molecule has 0 spiro atoms. The molecule has 1 aromatic carbocycles. The summed E-state index contributed by atoms with van der Waals surface area (Å²) in [6.45, 7) is 2.02. The highest BCUT2D eigenvalue weighted by atomic mass is 16.5. The van der Waals surface area contributed by atoms with Crippen LogP contribution in [0.15, 0.2) is 58.9 Å². The van der Waals surface area contributed by atoms with Gasteiger partial charge in [0.2, 0.25) is 5.84 Å². The second kappa shape index (κ2) is 6.10. The van der Waals surface area contributed by atoms with Crippen molar-refractivity contribution in [2.45, 2.75) is 6.92 Å². The first-order valence-electron chi connectivity index (χ1n) is 8.71. The number of aromatic nitrogens is 2. The number of methoxy groups -OCH3 is 1. The van der Waals surface area contributed by atoms with Crippen molar-refractivity contribution in [3.05, 3.63) is 65.6 Å². The molecule has 0 unspecified atom stereocenters. The number of hydrogen-bond donors (Lipinski definition) is 3. The lowest BCUT2D eigenvalue weighted by molar-refractivity contribution is 0.399. The van der Waals surface area contributed by atoms with Crippen LogP contribution in [0, 0.1) is 6.92 Å². The predicted molar refractivity (Wildman–Crippen MR) is 107 cm³/mol. The van der Waals surface area contributed by atoms with E-state index in [1.54, 1.807) is 12.1 Å². The lowest BCUT2D eigenvalue weighted by Crippen LogP contribution is -2.46. The van der Waals surface area contributed by atoms with Gasteiger partial charge in [-0.25, -0.2) is 20.5 Å². The number of pyridine rings is 1. The number of nitrogens with one attached hydrogen (secondary N) is 2. The highest BCUT2D eigenvalue weighted by Gasteiger charge is 2.32. The summed E-state index contributed by atoms with van der Waals surface area (Å²) >= 11 is 0. The van der Waals surface area contributed by atoms with Gasteiger partial charge in [-0.2, -0.15) is 0 Å². The molecule has 0 bridgehead atoms. The van der Waals surface area contributed by atoms with Crippen LogP contribution in [0.5, 0.6) is 5.75 Å². The number of imidazole rings is 1. The molecule has 4 heterocycles. The number of rotatable bonds is 3. The number of fused-ring (bicyclic) bond motifs is 2. The Bertz CT molecular complexity index is 1170. The fraction of sp³-hybridized carbons (Fsp3) is 0.105. The van der Waals surface area contributed by atoms with Crippen molar-refractivity contribution < 1.29 is 4.74 Å². The number of benzene rings is 1. The largest absolute Gasteiger partial charge is 0.497 e. The van der Waals surface area contributed by atoms with E-state index in [2.05, 4.69) is 26.1 Å². The van der Waals surface area contributed by atoms with Crippen molar-refractivity contribution in [2.75, 3.05) is 7.11 Å². The minimum absolute atomic E-state index is 0.326. The van der Waals surface area contributed by atoms with Crippen LogP contribution < -0.4 is 21.5 Å². The van der Waals surface area contributed by atoms with Gasteiger partial charge in [-0.15, -0.1) is 10.6 Å². The van der Waals surface area contributed by atoms with Gasteiger partial charge in [-0.3, -0.25) is 0 Å². The highest BCUT2D eigenvalue weighted by molar-refractivity contribution is 6.43. The van der Waals surface area contributed by atoms with Crippen LogP contribution in [0.3, 0.4) is 0 Å². The predicted octanol–water partition coefficient (Wildman–Crippen LogP) is 1.49. The zero-order valence-corrected chi connectivity index (χ0v) is 15.3. The summed E-state index contributed by atoms with van der Waals surface area (Å²) in [6, 6.07) is 11.7. The summed E-state index contributed by atoms with van der Waals surface area (Å²) in [5.41, 5.74) is 17.3. The zero-order valence-electron chi connectivity index (χ0n) is 15.3. The van der Waals surface area contributed by atoms with Crippen LogP contribution in [-0.4, -0.2) is 33.2 Å². The normalized spacial score (nSPS) is 16.0. The summed E-state index contributed by atoms with van der Waals surface area (Å²) in [5, 5.41) is 5.99. The van der Waals surface area contributed by atoms with Crippen LogP contribution >= 0.6 is 0 Å². The fourth-order valence-corrected chi connectivity index (χ4v) is 3.35. The van der Waals surface area contributed by atoms with Crippen molar-refractivity contribution in [1.29, 1.82) is 0 Å². The van der Waals surface area contributed by atoms with Crippen LogP contribution in [0.4, 0.5) is 0 Å². The molecule has 0 aliphatic carbocycles. The molecular formula is C19H18N8O. The van der Waals surface area contributed by atoms with Crippen molar-refractivity contribution in [2.24, 2.45) is 15.8 Å². The molecule has 5 rings (SSSR count). The van der Waals surface area contributed by atoms with Gasteiger partial charge in [0, 0.05) is 29.2 Å². The van der Waals surface area contributed by atoms with Crippen molar-refractivity contribution in [1.82, 2.24) is 25.5 Å². The molecule has 2 aromatic heterocycles. The van der Waals surface area contributed by atoms with Gasteiger partial charge in [0.05, 0.1) is 18.5 Å². The lowest BCUT2D eigenvalue weighted by Gasteiger charge is -2.28.